The van der Waals surface area contributed by atoms with Crippen LogP contribution in [-0.4, -0.2) is 6.54 Å². The maximum atomic E-state index is 3.52. The van der Waals surface area contributed by atoms with Crippen LogP contribution in [0.25, 0.3) is 0 Å². The second-order valence-corrected chi connectivity index (χ2v) is 5.04. The zero-order chi connectivity index (χ0) is 14.2. The molecule has 0 spiro atoms. The molecule has 0 saturated heterocycles. The lowest BCUT2D eigenvalue weighted by molar-refractivity contribution is 0.736. The van der Waals surface area contributed by atoms with Crippen molar-refractivity contribution in [1.29, 1.82) is 0 Å². The molecule has 0 unspecified atom stereocenters. The number of benzene rings is 1. The third-order valence-corrected chi connectivity index (χ3v) is 2.95. The van der Waals surface area contributed by atoms with Crippen molar-refractivity contribution in [2.24, 2.45) is 0 Å². The Morgan fingerprint density at radius 3 is 1.95 bits per heavy atom. The predicted octanol–water partition coefficient (Wildman–Crippen LogP) is 5.26. The summed E-state index contributed by atoms with van der Waals surface area (Å²) < 4.78 is 0. The summed E-state index contributed by atoms with van der Waals surface area (Å²) in [5.41, 5.74) is 0. The largest absolute Gasteiger partial charge is 0.391 e. The van der Waals surface area contributed by atoms with Crippen molar-refractivity contribution in [2.45, 2.75) is 26.7 Å². The molecule has 1 aromatic carbocycles. The summed E-state index contributed by atoms with van der Waals surface area (Å²) in [5, 5.41) is 5.09. The van der Waals surface area contributed by atoms with Crippen LogP contribution in [0.1, 0.15) is 24.6 Å². The number of rotatable bonds is 4. The smallest absolute Gasteiger partial charge is 0.0141 e. The highest BCUT2D eigenvalue weighted by atomic mass is 32.1. The Morgan fingerprint density at radius 2 is 1.68 bits per heavy atom. The van der Waals surface area contributed by atoms with Crippen LogP contribution in [0, 0.1) is 6.92 Å². The van der Waals surface area contributed by atoms with Crippen LogP contribution >= 0.6 is 11.3 Å². The van der Waals surface area contributed by atoms with Crippen LogP contribution in [0.4, 0.5) is 0 Å². The van der Waals surface area contributed by atoms with Crippen molar-refractivity contribution >= 4 is 11.3 Å². The lowest BCUT2D eigenvalue weighted by atomic mass is 10.3. The second kappa shape index (κ2) is 14.5. The molecule has 0 aliphatic heterocycles. The Hall–Kier alpha value is -1.54. The first-order valence-electron chi connectivity index (χ1n) is 6.65. The first-order valence-corrected chi connectivity index (χ1v) is 7.53. The molecule has 1 aromatic heterocycles. The molecule has 0 bridgehead atoms. The van der Waals surface area contributed by atoms with Crippen molar-refractivity contribution in [3.05, 3.63) is 71.6 Å². The Morgan fingerprint density at radius 1 is 1.11 bits per heavy atom. The molecule has 0 aliphatic rings. The van der Waals surface area contributed by atoms with E-state index in [0.29, 0.717) is 0 Å². The molecule has 1 N–H and O–H groups in total. The summed E-state index contributed by atoms with van der Waals surface area (Å²) in [6.07, 6.45) is 4.22. The lowest BCUT2D eigenvalue weighted by Gasteiger charge is -1.93. The molecule has 1 heterocycles. The van der Waals surface area contributed by atoms with Crippen LogP contribution in [0.3, 0.4) is 0 Å². The molecule has 0 radical (unpaired) electrons. The van der Waals surface area contributed by atoms with E-state index in [4.69, 9.17) is 0 Å². The fourth-order valence-corrected chi connectivity index (χ4v) is 1.66. The number of aryl methyl sites for hydroxylation is 1. The summed E-state index contributed by atoms with van der Waals surface area (Å²) in [4.78, 5) is 1.38. The van der Waals surface area contributed by atoms with Crippen molar-refractivity contribution in [3.8, 4) is 0 Å². The van der Waals surface area contributed by atoms with E-state index >= 15 is 0 Å². The van der Waals surface area contributed by atoms with Gasteiger partial charge in [0.2, 0.25) is 0 Å². The Balaban J connectivity index is 0.000000256. The van der Waals surface area contributed by atoms with Gasteiger partial charge in [0.05, 0.1) is 0 Å². The number of hydrogen-bond donors (Lipinski definition) is 1. The van der Waals surface area contributed by atoms with Gasteiger partial charge in [-0.2, -0.15) is 0 Å². The van der Waals surface area contributed by atoms with E-state index in [1.807, 2.05) is 36.4 Å². The monoisotopic (exact) mass is 275 g/mol. The van der Waals surface area contributed by atoms with Gasteiger partial charge in [-0.15, -0.1) is 11.3 Å². The highest BCUT2D eigenvalue weighted by molar-refractivity contribution is 7.09. The SMILES string of the molecule is C=CNCCCC.Cc1cccs1.c1ccccc1. The van der Waals surface area contributed by atoms with E-state index in [9.17, 15) is 0 Å². The fraction of sp³-hybridized carbons (Fsp3) is 0.294. The van der Waals surface area contributed by atoms with Crippen LogP contribution in [0.15, 0.2) is 66.7 Å². The molecule has 0 aliphatic carbocycles. The molecule has 0 saturated carbocycles. The molecule has 2 rings (SSSR count). The summed E-state index contributed by atoms with van der Waals surface area (Å²) in [5.74, 6) is 0. The van der Waals surface area contributed by atoms with Crippen molar-refractivity contribution in [2.75, 3.05) is 6.54 Å². The minimum absolute atomic E-state index is 1.07. The number of thiophene rings is 1. The molecular formula is C17H25NS. The Bertz CT molecular complexity index is 341. The summed E-state index contributed by atoms with van der Waals surface area (Å²) in [6, 6.07) is 16.2. The lowest BCUT2D eigenvalue weighted by Crippen LogP contribution is -2.04. The normalized spacial score (nSPS) is 8.32. The van der Waals surface area contributed by atoms with Crippen molar-refractivity contribution in [1.82, 2.24) is 5.32 Å². The van der Waals surface area contributed by atoms with E-state index < -0.39 is 0 Å². The van der Waals surface area contributed by atoms with Crippen LogP contribution in [0.5, 0.6) is 0 Å². The van der Waals surface area contributed by atoms with Gasteiger partial charge in [-0.05, 0) is 31.0 Å². The number of nitrogens with one attached hydrogen (secondary N) is 1. The Labute approximate surface area is 122 Å². The second-order valence-electron chi connectivity index (χ2n) is 3.89. The van der Waals surface area contributed by atoms with E-state index in [2.05, 4.69) is 43.3 Å². The van der Waals surface area contributed by atoms with Gasteiger partial charge >= 0.3 is 0 Å². The highest BCUT2D eigenvalue weighted by Gasteiger charge is 1.75. The molecule has 0 amide bonds. The third-order valence-electron chi connectivity index (χ3n) is 2.15. The molecular weight excluding hydrogens is 250 g/mol. The minimum atomic E-state index is 1.07. The third kappa shape index (κ3) is 14.4. The van der Waals surface area contributed by atoms with Gasteiger partial charge in [-0.3, -0.25) is 0 Å². The molecule has 2 heteroatoms. The number of hydrogen-bond acceptors (Lipinski definition) is 2. The first-order chi connectivity index (χ1) is 9.31. The highest BCUT2D eigenvalue weighted by Crippen LogP contribution is 2.03. The van der Waals surface area contributed by atoms with Crippen molar-refractivity contribution in [3.63, 3.8) is 0 Å². The van der Waals surface area contributed by atoms with Crippen LogP contribution in [-0.2, 0) is 0 Å². The van der Waals surface area contributed by atoms with Gasteiger partial charge in [-0.25, -0.2) is 0 Å². The van der Waals surface area contributed by atoms with Gasteiger partial charge in [-0.1, -0.05) is 62.4 Å². The Kier molecular flexibility index (Phi) is 13.3. The van der Waals surface area contributed by atoms with E-state index in [1.165, 1.54) is 17.7 Å². The summed E-state index contributed by atoms with van der Waals surface area (Å²) >= 11 is 1.78. The summed E-state index contributed by atoms with van der Waals surface area (Å²) in [7, 11) is 0. The van der Waals surface area contributed by atoms with E-state index in [0.717, 1.165) is 6.54 Å². The molecule has 19 heavy (non-hydrogen) atoms. The molecule has 2 aromatic rings. The zero-order valence-corrected chi connectivity index (χ0v) is 12.8. The summed E-state index contributed by atoms with van der Waals surface area (Å²) in [6.45, 7) is 8.86. The topological polar surface area (TPSA) is 12.0 Å². The fourth-order valence-electron chi connectivity index (χ4n) is 1.13. The zero-order valence-electron chi connectivity index (χ0n) is 12.0. The van der Waals surface area contributed by atoms with Gasteiger partial charge in [0.25, 0.3) is 0 Å². The molecule has 0 fully saturated rings. The van der Waals surface area contributed by atoms with Gasteiger partial charge in [0.15, 0.2) is 0 Å². The van der Waals surface area contributed by atoms with E-state index in [1.54, 1.807) is 17.5 Å². The average molecular weight is 275 g/mol. The standard InChI is InChI=1S/C6H13N.C6H6.C5H6S/c1-3-5-6-7-4-2;1-2-4-6-5-3-1;1-5-3-2-4-6-5/h4,7H,2-3,5-6H2,1H3;1-6H;2-4H,1H3. The molecule has 1 nitrogen and oxygen atoms in total. The molecule has 0 atom stereocenters. The van der Waals surface area contributed by atoms with E-state index in [-0.39, 0.29) is 0 Å². The maximum Gasteiger partial charge on any atom is 0.0141 e. The average Bonchev–Trinajstić information content (AvgIpc) is 2.94. The number of unbranched alkanes of at least 4 members (excludes halogenated alkanes) is 1. The predicted molar refractivity (Wildman–Crippen MR) is 88.6 cm³/mol. The van der Waals surface area contributed by atoms with Gasteiger partial charge < -0.3 is 5.32 Å². The van der Waals surface area contributed by atoms with Gasteiger partial charge in [0.1, 0.15) is 0 Å². The van der Waals surface area contributed by atoms with Crippen LogP contribution in [0.2, 0.25) is 0 Å². The van der Waals surface area contributed by atoms with Crippen LogP contribution < -0.4 is 5.32 Å². The van der Waals surface area contributed by atoms with Crippen molar-refractivity contribution < 1.29 is 0 Å². The molecule has 104 valence electrons. The van der Waals surface area contributed by atoms with Gasteiger partial charge in [0, 0.05) is 11.4 Å². The quantitative estimate of drug-likeness (QED) is 0.750. The maximum absolute atomic E-state index is 3.52. The first kappa shape index (κ1) is 17.5. The minimum Gasteiger partial charge on any atom is -0.391 e.